The molecule has 3 rings (SSSR count). The van der Waals surface area contributed by atoms with E-state index in [-0.39, 0.29) is 58.3 Å². The Morgan fingerprint density at radius 1 is 1.00 bits per heavy atom. The van der Waals surface area contributed by atoms with E-state index in [1.807, 2.05) is 13.8 Å². The number of allylic oxidation sites excluding steroid dienone is 2. The van der Waals surface area contributed by atoms with E-state index < -0.39 is 16.7 Å². The molecule has 0 saturated heterocycles. The first-order valence-corrected chi connectivity index (χ1v) is 12.9. The quantitative estimate of drug-likeness (QED) is 0.232. The van der Waals surface area contributed by atoms with Crippen molar-refractivity contribution >= 4 is 17.3 Å². The number of unbranched alkanes of at least 4 members (excludes halogenated alkanes) is 4. The number of Topliss-reactive ketones (excluding diaryl/α,β-unsaturated/α-hetero) is 3. The summed E-state index contributed by atoms with van der Waals surface area (Å²) in [5.41, 5.74) is -1.59. The fourth-order valence-corrected chi connectivity index (χ4v) is 5.59. The van der Waals surface area contributed by atoms with Crippen molar-refractivity contribution in [1.82, 2.24) is 0 Å². The molecule has 6 heteroatoms. The van der Waals surface area contributed by atoms with Crippen molar-refractivity contribution in [3.05, 3.63) is 28.5 Å². The summed E-state index contributed by atoms with van der Waals surface area (Å²) in [6.07, 6.45) is 5.62. The molecule has 0 fully saturated rings. The average molecular weight is 485 g/mol. The largest absolute Gasteiger partial charge is 0.507 e. The van der Waals surface area contributed by atoms with Crippen molar-refractivity contribution in [3.63, 3.8) is 0 Å². The van der Waals surface area contributed by atoms with Gasteiger partial charge in [0.15, 0.2) is 17.3 Å². The zero-order valence-electron chi connectivity index (χ0n) is 22.2. The summed E-state index contributed by atoms with van der Waals surface area (Å²) in [7, 11) is 0. The van der Waals surface area contributed by atoms with Crippen molar-refractivity contribution < 1.29 is 29.3 Å². The van der Waals surface area contributed by atoms with Gasteiger partial charge in [0.1, 0.15) is 28.6 Å². The van der Waals surface area contributed by atoms with Crippen molar-refractivity contribution in [2.24, 2.45) is 16.7 Å². The highest BCUT2D eigenvalue weighted by Gasteiger charge is 2.57. The molecule has 1 heterocycles. The highest BCUT2D eigenvalue weighted by atomic mass is 16.5. The van der Waals surface area contributed by atoms with Crippen molar-refractivity contribution in [3.8, 4) is 17.2 Å². The molecule has 0 radical (unpaired) electrons. The molecule has 0 saturated carbocycles. The highest BCUT2D eigenvalue weighted by molar-refractivity contribution is 6.20. The minimum Gasteiger partial charge on any atom is -0.507 e. The van der Waals surface area contributed by atoms with E-state index >= 15 is 0 Å². The third-order valence-corrected chi connectivity index (χ3v) is 7.43. The van der Waals surface area contributed by atoms with Crippen LogP contribution in [0.4, 0.5) is 0 Å². The number of aromatic hydroxyl groups is 2. The van der Waals surface area contributed by atoms with Gasteiger partial charge in [0, 0.05) is 29.5 Å². The second-order valence-electron chi connectivity index (χ2n) is 11.6. The van der Waals surface area contributed by atoms with Crippen LogP contribution in [0.1, 0.15) is 115 Å². The molecule has 1 aliphatic heterocycles. The van der Waals surface area contributed by atoms with Gasteiger partial charge >= 0.3 is 0 Å². The van der Waals surface area contributed by atoms with Crippen LogP contribution in [-0.4, -0.2) is 27.6 Å². The Bertz CT molecular complexity index is 1070. The Morgan fingerprint density at radius 2 is 1.63 bits per heavy atom. The van der Waals surface area contributed by atoms with E-state index in [0.29, 0.717) is 24.0 Å². The lowest BCUT2D eigenvalue weighted by atomic mass is 9.59. The maximum atomic E-state index is 13.6. The van der Waals surface area contributed by atoms with Crippen LogP contribution in [0, 0.1) is 16.7 Å². The van der Waals surface area contributed by atoms with Crippen LogP contribution in [0.2, 0.25) is 0 Å². The lowest BCUT2D eigenvalue weighted by Crippen LogP contribution is -2.51. The predicted octanol–water partition coefficient (Wildman–Crippen LogP) is 6.62. The zero-order chi connectivity index (χ0) is 26.3. The summed E-state index contributed by atoms with van der Waals surface area (Å²) in [6, 6.07) is 1.18. The number of hydrogen-bond acceptors (Lipinski definition) is 6. The van der Waals surface area contributed by atoms with Gasteiger partial charge in [-0.1, -0.05) is 46.5 Å². The first-order chi connectivity index (χ1) is 16.3. The van der Waals surface area contributed by atoms with Gasteiger partial charge in [-0.2, -0.15) is 0 Å². The summed E-state index contributed by atoms with van der Waals surface area (Å²) >= 11 is 0. The van der Waals surface area contributed by atoms with Crippen LogP contribution in [0.15, 0.2) is 17.4 Å². The topological polar surface area (TPSA) is 101 Å². The van der Waals surface area contributed by atoms with Crippen molar-refractivity contribution in [2.75, 3.05) is 0 Å². The molecule has 0 bridgehead atoms. The summed E-state index contributed by atoms with van der Waals surface area (Å²) < 4.78 is 6.25. The fraction of sp³-hybridized carbons (Fsp3) is 0.621. The van der Waals surface area contributed by atoms with Crippen LogP contribution in [0.25, 0.3) is 0 Å². The number of benzene rings is 1. The zero-order valence-corrected chi connectivity index (χ0v) is 22.2. The van der Waals surface area contributed by atoms with E-state index in [4.69, 9.17) is 4.74 Å². The summed E-state index contributed by atoms with van der Waals surface area (Å²) in [6.45, 7) is 12.9. The Balaban J connectivity index is 2.18. The third-order valence-electron chi connectivity index (χ3n) is 7.43. The number of fused-ring (bicyclic) bond motifs is 1. The second-order valence-corrected chi connectivity index (χ2v) is 11.6. The maximum absolute atomic E-state index is 13.6. The molecule has 1 aromatic rings. The number of ketones is 3. The van der Waals surface area contributed by atoms with E-state index in [1.54, 1.807) is 27.7 Å². The van der Waals surface area contributed by atoms with E-state index in [2.05, 4.69) is 6.92 Å². The Hall–Kier alpha value is -2.63. The number of ether oxygens (including phenoxy) is 1. The smallest absolute Gasteiger partial charge is 0.175 e. The molecule has 0 aromatic heterocycles. The second kappa shape index (κ2) is 9.79. The molecule has 2 aliphatic rings. The first kappa shape index (κ1) is 27.0. The van der Waals surface area contributed by atoms with E-state index in [0.717, 1.165) is 25.7 Å². The van der Waals surface area contributed by atoms with Crippen LogP contribution in [-0.2, 0) is 9.59 Å². The summed E-state index contributed by atoms with van der Waals surface area (Å²) in [5.74, 6) is -1.49. The molecular weight excluding hydrogens is 444 g/mol. The normalized spacial score (nSPS) is 20.5. The minimum atomic E-state index is -1.23. The van der Waals surface area contributed by atoms with E-state index in [1.165, 1.54) is 6.07 Å². The fourth-order valence-electron chi connectivity index (χ4n) is 5.59. The number of hydrogen-bond donors (Lipinski definition) is 2. The van der Waals surface area contributed by atoms with Gasteiger partial charge in [0.25, 0.3) is 0 Å². The molecule has 0 spiro atoms. The van der Waals surface area contributed by atoms with Gasteiger partial charge in [-0.15, -0.1) is 0 Å². The molecule has 0 amide bonds. The van der Waals surface area contributed by atoms with Crippen LogP contribution in [0.5, 0.6) is 17.2 Å². The van der Waals surface area contributed by atoms with Crippen LogP contribution >= 0.6 is 0 Å². The lowest BCUT2D eigenvalue weighted by Gasteiger charge is -2.45. The number of carbonyl (C=O) groups excluding carboxylic acids is 3. The molecule has 1 aromatic carbocycles. The Labute approximate surface area is 208 Å². The number of phenolic OH excluding ortho intramolecular Hbond substituents is 2. The van der Waals surface area contributed by atoms with Gasteiger partial charge in [-0.25, -0.2) is 0 Å². The molecule has 35 heavy (non-hydrogen) atoms. The van der Waals surface area contributed by atoms with Gasteiger partial charge in [0.05, 0.1) is 10.8 Å². The highest BCUT2D eigenvalue weighted by Crippen LogP contribution is 2.57. The summed E-state index contributed by atoms with van der Waals surface area (Å²) in [5, 5.41) is 21.7. The summed E-state index contributed by atoms with van der Waals surface area (Å²) in [4.78, 5) is 40.3. The average Bonchev–Trinajstić information content (AvgIpc) is 2.76. The van der Waals surface area contributed by atoms with Crippen molar-refractivity contribution in [1.29, 1.82) is 0 Å². The standard InChI is InChI=1S/C29H40O6/c1-8-9-10-11-12-13-18(30)23-20(32)15-19(31)21-17(14-16(2)3)22-25(33)28(4,5)27(34)29(6,7)26(22)35-24(21)23/h15-17,31-32H,8-14H2,1-7H3. The molecule has 6 nitrogen and oxygen atoms in total. The third kappa shape index (κ3) is 4.64. The number of phenols is 2. The minimum absolute atomic E-state index is 0.0223. The first-order valence-electron chi connectivity index (χ1n) is 12.9. The van der Waals surface area contributed by atoms with Gasteiger partial charge in [-0.3, -0.25) is 14.4 Å². The molecule has 1 atom stereocenters. The molecule has 1 unspecified atom stereocenters. The van der Waals surface area contributed by atoms with Crippen LogP contribution in [0.3, 0.4) is 0 Å². The van der Waals surface area contributed by atoms with E-state index in [9.17, 15) is 24.6 Å². The van der Waals surface area contributed by atoms with Gasteiger partial charge in [0.2, 0.25) is 0 Å². The molecule has 2 N–H and O–H groups in total. The van der Waals surface area contributed by atoms with Gasteiger partial charge < -0.3 is 14.9 Å². The predicted molar refractivity (Wildman–Crippen MR) is 135 cm³/mol. The Morgan fingerprint density at radius 3 is 2.23 bits per heavy atom. The van der Waals surface area contributed by atoms with Crippen molar-refractivity contribution in [2.45, 2.75) is 99.3 Å². The van der Waals surface area contributed by atoms with Crippen LogP contribution < -0.4 is 4.74 Å². The number of carbonyl (C=O) groups is 3. The Kier molecular flexibility index (Phi) is 7.54. The lowest BCUT2D eigenvalue weighted by molar-refractivity contribution is -0.144. The maximum Gasteiger partial charge on any atom is 0.175 e. The SMILES string of the molecule is CCCCCCCC(=O)c1c(O)cc(O)c2c1OC1=C(C(=O)C(C)(C)C(=O)C1(C)C)C2CC(C)C. The molecular formula is C29H40O6. The molecule has 192 valence electrons. The van der Waals surface area contributed by atoms with Gasteiger partial charge in [-0.05, 0) is 46.5 Å². The monoisotopic (exact) mass is 484 g/mol. The number of rotatable bonds is 9. The molecule has 1 aliphatic carbocycles.